The van der Waals surface area contributed by atoms with Gasteiger partial charge in [-0.1, -0.05) is 118 Å². The van der Waals surface area contributed by atoms with Crippen molar-refractivity contribution in [1.82, 2.24) is 0 Å². The standard InChI is InChI=1S/C27H27Si.3ClH.Ti/c1-20-9-5-13-24(17-20)28(27-16-8-12-23(27)4,25-14-6-10-21(2)18-25)26-15-7-11-22(3)19-26;;;;/h5-11,13-15,17-19H,16H2,1-4H3;3*1H;/q-1;;;;+4/p-3. The van der Waals surface area contributed by atoms with Crippen LogP contribution in [0, 0.1) is 26.8 Å². The number of benzene rings is 3. The summed E-state index contributed by atoms with van der Waals surface area (Å²) in [6.07, 6.45) is 6.73. The average Bonchev–Trinajstić information content (AvgIpc) is 3.09. The van der Waals surface area contributed by atoms with Crippen molar-refractivity contribution in [3.63, 3.8) is 0 Å². The third-order valence-electron chi connectivity index (χ3n) is 5.88. The molecule has 1 aliphatic carbocycles. The van der Waals surface area contributed by atoms with Crippen LogP contribution in [0.5, 0.6) is 0 Å². The van der Waals surface area contributed by atoms with Gasteiger partial charge in [-0.2, -0.15) is 6.08 Å². The first-order valence-corrected chi connectivity index (χ1v) is 12.0. The first kappa shape index (κ1) is 30.9. The van der Waals surface area contributed by atoms with Gasteiger partial charge in [0.2, 0.25) is 0 Å². The van der Waals surface area contributed by atoms with E-state index in [1.54, 1.807) is 5.20 Å². The zero-order valence-electron chi connectivity index (χ0n) is 18.8. The van der Waals surface area contributed by atoms with Gasteiger partial charge >= 0.3 is 21.7 Å². The van der Waals surface area contributed by atoms with Gasteiger partial charge in [-0.15, -0.1) is 0 Å². The summed E-state index contributed by atoms with van der Waals surface area (Å²) in [6, 6.07) is 27.6. The zero-order chi connectivity index (χ0) is 19.7. The van der Waals surface area contributed by atoms with E-state index < -0.39 is 8.07 Å². The van der Waals surface area contributed by atoms with E-state index in [0.29, 0.717) is 0 Å². The summed E-state index contributed by atoms with van der Waals surface area (Å²) < 4.78 is 0. The van der Waals surface area contributed by atoms with Gasteiger partial charge in [0.25, 0.3) is 0 Å². The monoisotopic (exact) mass is 532 g/mol. The molecule has 0 heterocycles. The Hall–Kier alpha value is -1.06. The molecule has 5 heteroatoms. The molecule has 0 saturated carbocycles. The van der Waals surface area contributed by atoms with E-state index in [1.165, 1.54) is 37.8 Å². The minimum absolute atomic E-state index is 0. The molecule has 0 aromatic heterocycles. The molecule has 0 atom stereocenters. The van der Waals surface area contributed by atoms with Gasteiger partial charge in [0.05, 0.1) is 8.07 Å². The summed E-state index contributed by atoms with van der Waals surface area (Å²) >= 11 is 0. The summed E-state index contributed by atoms with van der Waals surface area (Å²) in [5, 5.41) is 5.97. The first-order valence-electron chi connectivity index (χ1n) is 10.0. The van der Waals surface area contributed by atoms with E-state index in [0.717, 1.165) is 6.42 Å². The quantitative estimate of drug-likeness (QED) is 0.181. The largest absolute Gasteiger partial charge is 4.00 e. The van der Waals surface area contributed by atoms with Crippen molar-refractivity contribution in [2.75, 3.05) is 0 Å². The minimum atomic E-state index is -2.36. The third-order valence-corrected chi connectivity index (χ3v) is 10.9. The Morgan fingerprint density at radius 1 is 0.625 bits per heavy atom. The van der Waals surface area contributed by atoms with Gasteiger partial charge in [0.15, 0.2) is 0 Å². The van der Waals surface area contributed by atoms with Crippen LogP contribution in [-0.4, -0.2) is 8.07 Å². The van der Waals surface area contributed by atoms with E-state index in [4.69, 9.17) is 0 Å². The third kappa shape index (κ3) is 5.70. The van der Waals surface area contributed by atoms with Crippen molar-refractivity contribution in [3.8, 4) is 0 Å². The van der Waals surface area contributed by atoms with Crippen molar-refractivity contribution < 1.29 is 58.9 Å². The average molecular weight is 534 g/mol. The molecule has 0 radical (unpaired) electrons. The fourth-order valence-corrected chi connectivity index (χ4v) is 10.1. The smallest absolute Gasteiger partial charge is 1.00 e. The summed E-state index contributed by atoms with van der Waals surface area (Å²) in [7, 11) is -2.36. The summed E-state index contributed by atoms with van der Waals surface area (Å²) in [5.74, 6) is 0. The van der Waals surface area contributed by atoms with E-state index >= 15 is 0 Å². The zero-order valence-corrected chi connectivity index (χ0v) is 23.7. The molecule has 0 spiro atoms. The number of aryl methyl sites for hydroxylation is 3. The Bertz CT molecular complexity index is 994. The second-order valence-corrected chi connectivity index (χ2v) is 11.9. The molecular weight excluding hydrogens is 507 g/mol. The van der Waals surface area contributed by atoms with Crippen LogP contribution in [0.4, 0.5) is 0 Å². The molecule has 164 valence electrons. The Morgan fingerprint density at radius 3 is 1.28 bits per heavy atom. The second kappa shape index (κ2) is 13.0. The van der Waals surface area contributed by atoms with Crippen molar-refractivity contribution in [2.45, 2.75) is 34.1 Å². The molecule has 32 heavy (non-hydrogen) atoms. The van der Waals surface area contributed by atoms with Gasteiger partial charge in [0, 0.05) is 0 Å². The van der Waals surface area contributed by atoms with Gasteiger partial charge in [-0.25, -0.2) is 10.8 Å². The van der Waals surface area contributed by atoms with Crippen molar-refractivity contribution in [3.05, 3.63) is 112 Å². The molecule has 0 bridgehead atoms. The Kier molecular flexibility index (Phi) is 12.6. The number of halogens is 3. The van der Waals surface area contributed by atoms with Gasteiger partial charge in [-0.3, -0.25) is 6.08 Å². The predicted octanol–water partition coefficient (Wildman–Crippen LogP) is -4.29. The fraction of sp³-hybridized carbons (Fsp3) is 0.185. The predicted molar refractivity (Wildman–Crippen MR) is 123 cm³/mol. The number of rotatable bonds is 4. The van der Waals surface area contributed by atoms with E-state index in [1.807, 2.05) is 0 Å². The maximum atomic E-state index is 3.52. The summed E-state index contributed by atoms with van der Waals surface area (Å²) in [6.45, 7) is 8.85. The van der Waals surface area contributed by atoms with Gasteiger partial charge in [0.1, 0.15) is 0 Å². The van der Waals surface area contributed by atoms with Crippen LogP contribution in [0.15, 0.2) is 89.6 Å². The first-order chi connectivity index (χ1) is 13.5. The topological polar surface area (TPSA) is 0 Å². The maximum Gasteiger partial charge on any atom is 4.00 e. The van der Waals surface area contributed by atoms with Crippen LogP contribution < -0.4 is 52.8 Å². The van der Waals surface area contributed by atoms with E-state index in [2.05, 4.69) is 113 Å². The maximum absolute atomic E-state index is 3.52. The summed E-state index contributed by atoms with van der Waals surface area (Å²) in [5.41, 5.74) is 5.28. The van der Waals surface area contributed by atoms with Gasteiger partial charge in [-0.05, 0) is 20.8 Å². The van der Waals surface area contributed by atoms with E-state index in [9.17, 15) is 0 Å². The molecule has 3 aromatic rings. The molecule has 0 nitrogen and oxygen atoms in total. The second-order valence-electron chi connectivity index (χ2n) is 8.01. The van der Waals surface area contributed by atoms with Crippen molar-refractivity contribution >= 4 is 23.6 Å². The molecule has 3 aromatic carbocycles. The van der Waals surface area contributed by atoms with Crippen molar-refractivity contribution in [1.29, 1.82) is 0 Å². The molecular formula is C27H27Cl3SiTi. The molecule has 0 aliphatic heterocycles. The molecule has 1 aliphatic rings. The Balaban J connectivity index is 0.00000240. The van der Waals surface area contributed by atoms with Gasteiger partial charge < -0.3 is 37.2 Å². The SMILES string of the molecule is CC1=C([Si](c2cccc(C)c2)(c2cccc(C)c2)c2cccc(C)c2)CC=[C-]1.[Cl-].[Cl-].[Cl-].[Ti+4]. The Labute approximate surface area is 227 Å². The molecule has 0 unspecified atom stereocenters. The van der Waals surface area contributed by atoms with Crippen LogP contribution >= 0.6 is 0 Å². The number of hydrogen-bond acceptors (Lipinski definition) is 0. The number of allylic oxidation sites excluding steroid dienone is 4. The fourth-order valence-electron chi connectivity index (χ4n) is 4.64. The molecule has 4 rings (SSSR count). The molecule has 0 N–H and O–H groups in total. The van der Waals surface area contributed by atoms with E-state index in [-0.39, 0.29) is 58.9 Å². The van der Waals surface area contributed by atoms with Crippen molar-refractivity contribution in [2.24, 2.45) is 0 Å². The normalized spacial score (nSPS) is 12.2. The van der Waals surface area contributed by atoms with Crippen LogP contribution in [-0.2, 0) is 21.7 Å². The van der Waals surface area contributed by atoms with Crippen LogP contribution in [0.1, 0.15) is 30.0 Å². The molecule has 0 saturated heterocycles. The molecule has 0 fully saturated rings. The minimum Gasteiger partial charge on any atom is -1.00 e. The van der Waals surface area contributed by atoms with Crippen LogP contribution in [0.2, 0.25) is 0 Å². The van der Waals surface area contributed by atoms with Crippen LogP contribution in [0.25, 0.3) is 0 Å². The summed E-state index contributed by atoms with van der Waals surface area (Å²) in [4.78, 5) is 0. The Morgan fingerprint density at radius 2 is 1.00 bits per heavy atom. The molecule has 0 amide bonds. The van der Waals surface area contributed by atoms with Crippen LogP contribution in [0.3, 0.4) is 0 Å². The number of hydrogen-bond donors (Lipinski definition) is 0.